The molecular weight excluding hydrogens is 318 g/mol. The Hall–Kier alpha value is -1.64. The largest absolute Gasteiger partial charge is 0.492 e. The summed E-state index contributed by atoms with van der Waals surface area (Å²) in [7, 11) is -1.61. The molecule has 0 unspecified atom stereocenters. The highest BCUT2D eigenvalue weighted by Crippen LogP contribution is 2.29. The third-order valence-corrected chi connectivity index (χ3v) is 5.56. The van der Waals surface area contributed by atoms with Gasteiger partial charge in [-0.15, -0.1) is 0 Å². The van der Waals surface area contributed by atoms with Crippen molar-refractivity contribution in [1.82, 2.24) is 9.21 Å². The number of carbonyl (C=O) groups is 1. The van der Waals surface area contributed by atoms with Gasteiger partial charge >= 0.3 is 0 Å². The molecule has 1 aromatic rings. The molecule has 7 nitrogen and oxygen atoms in total. The van der Waals surface area contributed by atoms with Gasteiger partial charge in [-0.3, -0.25) is 4.79 Å². The van der Waals surface area contributed by atoms with E-state index in [2.05, 4.69) is 10.2 Å². The van der Waals surface area contributed by atoms with Crippen molar-refractivity contribution in [3.8, 4) is 5.75 Å². The van der Waals surface area contributed by atoms with E-state index >= 15 is 0 Å². The zero-order valence-corrected chi connectivity index (χ0v) is 14.5. The first-order chi connectivity index (χ1) is 10.8. The Bertz CT molecular complexity index is 667. The fraction of sp³-hybridized carbons (Fsp3) is 0.533. The molecule has 1 aliphatic rings. The van der Waals surface area contributed by atoms with Gasteiger partial charge in [-0.1, -0.05) is 0 Å². The summed E-state index contributed by atoms with van der Waals surface area (Å²) in [5.41, 5.74) is 0.370. The lowest BCUT2D eigenvalue weighted by Crippen LogP contribution is -2.47. The molecule has 0 radical (unpaired) electrons. The van der Waals surface area contributed by atoms with Crippen LogP contribution in [0, 0.1) is 0 Å². The third kappa shape index (κ3) is 4.21. The average Bonchev–Trinajstić information content (AvgIpc) is 2.49. The topological polar surface area (TPSA) is 79.0 Å². The fourth-order valence-electron chi connectivity index (χ4n) is 2.42. The molecule has 1 fully saturated rings. The lowest BCUT2D eigenvalue weighted by atomic mass is 10.3. The van der Waals surface area contributed by atoms with E-state index in [9.17, 15) is 13.2 Å². The second kappa shape index (κ2) is 7.29. The molecule has 0 spiro atoms. The van der Waals surface area contributed by atoms with Crippen molar-refractivity contribution >= 4 is 21.6 Å². The van der Waals surface area contributed by atoms with Crippen LogP contribution in [0.3, 0.4) is 0 Å². The minimum atomic E-state index is -3.58. The number of benzene rings is 1. The van der Waals surface area contributed by atoms with Crippen molar-refractivity contribution < 1.29 is 17.9 Å². The summed E-state index contributed by atoms with van der Waals surface area (Å²) < 4.78 is 32.4. The number of ether oxygens (including phenoxy) is 1. The van der Waals surface area contributed by atoms with Gasteiger partial charge in [0.1, 0.15) is 5.75 Å². The number of carbonyl (C=O) groups excluding carboxylic acids is 1. The Morgan fingerprint density at radius 1 is 1.26 bits per heavy atom. The summed E-state index contributed by atoms with van der Waals surface area (Å²) in [5.74, 6) is 0.181. The zero-order valence-electron chi connectivity index (χ0n) is 13.7. The summed E-state index contributed by atoms with van der Waals surface area (Å²) in [6, 6.07) is 4.56. The maximum absolute atomic E-state index is 12.8. The van der Waals surface area contributed by atoms with Crippen LogP contribution in [-0.2, 0) is 14.8 Å². The molecule has 0 aromatic heterocycles. The SMILES string of the molecule is CCOc1ccc(S(=O)(=O)N2CCN(C)CC2)cc1NC(C)=O. The van der Waals surface area contributed by atoms with Crippen molar-refractivity contribution in [2.45, 2.75) is 18.7 Å². The molecule has 2 rings (SSSR count). The fourth-order valence-corrected chi connectivity index (χ4v) is 3.86. The van der Waals surface area contributed by atoms with Gasteiger partial charge in [0.05, 0.1) is 17.2 Å². The summed E-state index contributed by atoms with van der Waals surface area (Å²) in [5, 5.41) is 2.63. The molecule has 1 N–H and O–H groups in total. The molecule has 0 saturated carbocycles. The van der Waals surface area contributed by atoms with Crippen LogP contribution in [0.5, 0.6) is 5.75 Å². The van der Waals surface area contributed by atoms with Crippen LogP contribution in [0.2, 0.25) is 0 Å². The Labute approximate surface area is 137 Å². The quantitative estimate of drug-likeness (QED) is 0.864. The van der Waals surface area contributed by atoms with Crippen LogP contribution in [0.25, 0.3) is 0 Å². The van der Waals surface area contributed by atoms with Crippen molar-refractivity contribution in [1.29, 1.82) is 0 Å². The molecule has 0 aliphatic carbocycles. The van der Waals surface area contributed by atoms with Crippen LogP contribution < -0.4 is 10.1 Å². The van der Waals surface area contributed by atoms with Crippen LogP contribution in [0.4, 0.5) is 5.69 Å². The summed E-state index contributed by atoms with van der Waals surface area (Å²) >= 11 is 0. The molecule has 1 amide bonds. The van der Waals surface area contributed by atoms with E-state index in [-0.39, 0.29) is 10.8 Å². The minimum Gasteiger partial charge on any atom is -0.492 e. The highest BCUT2D eigenvalue weighted by molar-refractivity contribution is 7.89. The standard InChI is InChI=1S/C15H23N3O4S/c1-4-22-15-6-5-13(11-14(15)16-12(2)19)23(20,21)18-9-7-17(3)8-10-18/h5-6,11H,4,7-10H2,1-3H3,(H,16,19). The summed E-state index contributed by atoms with van der Waals surface area (Å²) in [6.45, 7) is 5.95. The average molecular weight is 341 g/mol. The molecule has 1 heterocycles. The Balaban J connectivity index is 2.32. The van der Waals surface area contributed by atoms with E-state index in [4.69, 9.17) is 4.74 Å². The monoisotopic (exact) mass is 341 g/mol. The predicted molar refractivity (Wildman–Crippen MR) is 88.2 cm³/mol. The van der Waals surface area contributed by atoms with Gasteiger partial charge < -0.3 is 15.0 Å². The minimum absolute atomic E-state index is 0.161. The number of rotatable bonds is 5. The smallest absolute Gasteiger partial charge is 0.243 e. The van der Waals surface area contributed by atoms with Gasteiger partial charge in [-0.05, 0) is 32.2 Å². The zero-order chi connectivity index (χ0) is 17.0. The number of likely N-dealkylation sites (N-methyl/N-ethyl adjacent to an activating group) is 1. The third-order valence-electron chi connectivity index (χ3n) is 3.66. The number of hydrogen-bond acceptors (Lipinski definition) is 5. The number of anilines is 1. The van der Waals surface area contributed by atoms with E-state index < -0.39 is 10.0 Å². The molecule has 0 atom stereocenters. The number of hydrogen-bond donors (Lipinski definition) is 1. The molecular formula is C15H23N3O4S. The molecule has 0 bridgehead atoms. The van der Waals surface area contributed by atoms with Gasteiger partial charge in [-0.25, -0.2) is 8.42 Å². The van der Waals surface area contributed by atoms with E-state index in [0.717, 1.165) is 0 Å². The lowest BCUT2D eigenvalue weighted by molar-refractivity contribution is -0.114. The number of amides is 1. The number of sulfonamides is 1. The van der Waals surface area contributed by atoms with Gasteiger partial charge in [-0.2, -0.15) is 4.31 Å². The summed E-state index contributed by atoms with van der Waals surface area (Å²) in [6.07, 6.45) is 0. The number of nitrogens with zero attached hydrogens (tertiary/aromatic N) is 2. The van der Waals surface area contributed by atoms with Gasteiger partial charge in [0.25, 0.3) is 0 Å². The molecule has 23 heavy (non-hydrogen) atoms. The molecule has 8 heteroatoms. The first kappa shape index (κ1) is 17.7. The predicted octanol–water partition coefficient (Wildman–Crippen LogP) is 0.980. The van der Waals surface area contributed by atoms with Crippen LogP contribution in [0.1, 0.15) is 13.8 Å². The molecule has 1 aliphatic heterocycles. The van der Waals surface area contributed by atoms with Gasteiger partial charge in [0.2, 0.25) is 15.9 Å². The van der Waals surface area contributed by atoms with Crippen molar-refractivity contribution in [2.75, 3.05) is 45.2 Å². The maximum Gasteiger partial charge on any atom is 0.243 e. The Morgan fingerprint density at radius 2 is 1.91 bits per heavy atom. The summed E-state index contributed by atoms with van der Waals surface area (Å²) in [4.78, 5) is 13.6. The van der Waals surface area contributed by atoms with Crippen LogP contribution in [-0.4, -0.2) is 63.4 Å². The molecule has 128 valence electrons. The number of nitrogens with one attached hydrogen (secondary N) is 1. The molecule has 1 aromatic carbocycles. The molecule has 1 saturated heterocycles. The second-order valence-corrected chi connectivity index (χ2v) is 7.42. The van der Waals surface area contributed by atoms with E-state index in [1.165, 1.54) is 23.4 Å². The first-order valence-corrected chi connectivity index (χ1v) is 9.01. The van der Waals surface area contributed by atoms with Gasteiger partial charge in [0.15, 0.2) is 0 Å². The number of piperazine rings is 1. The maximum atomic E-state index is 12.8. The van der Waals surface area contributed by atoms with Crippen molar-refractivity contribution in [3.05, 3.63) is 18.2 Å². The van der Waals surface area contributed by atoms with E-state index in [1.54, 1.807) is 6.07 Å². The Morgan fingerprint density at radius 3 is 2.48 bits per heavy atom. The van der Waals surface area contributed by atoms with Crippen molar-refractivity contribution in [2.24, 2.45) is 0 Å². The van der Waals surface area contributed by atoms with Crippen LogP contribution in [0.15, 0.2) is 23.1 Å². The van der Waals surface area contributed by atoms with Gasteiger partial charge in [0, 0.05) is 33.1 Å². The first-order valence-electron chi connectivity index (χ1n) is 7.57. The Kier molecular flexibility index (Phi) is 5.61. The van der Waals surface area contributed by atoms with E-state index in [1.807, 2.05) is 14.0 Å². The lowest BCUT2D eigenvalue weighted by Gasteiger charge is -2.31. The second-order valence-electron chi connectivity index (χ2n) is 5.48. The normalized spacial score (nSPS) is 17.0. The van der Waals surface area contributed by atoms with Crippen molar-refractivity contribution in [3.63, 3.8) is 0 Å². The highest BCUT2D eigenvalue weighted by atomic mass is 32.2. The highest BCUT2D eigenvalue weighted by Gasteiger charge is 2.28. The van der Waals surface area contributed by atoms with Crippen LogP contribution >= 0.6 is 0 Å². The van der Waals surface area contributed by atoms with E-state index in [0.29, 0.717) is 44.2 Å².